The molecule has 0 aliphatic heterocycles. The van der Waals surface area contributed by atoms with Crippen LogP contribution in [-0.4, -0.2) is 23.0 Å². The number of halogens is 2. The molecule has 0 atom stereocenters. The van der Waals surface area contributed by atoms with Crippen LogP contribution in [0.4, 0.5) is 10.5 Å². The van der Waals surface area contributed by atoms with Crippen LogP contribution in [-0.2, 0) is 9.59 Å². The van der Waals surface area contributed by atoms with Gasteiger partial charge in [-0.25, -0.2) is 9.59 Å². The predicted molar refractivity (Wildman–Crippen MR) is 82.3 cm³/mol. The summed E-state index contributed by atoms with van der Waals surface area (Å²) >= 11 is 9.07. The molecule has 0 saturated carbocycles. The Morgan fingerprint density at radius 1 is 1.19 bits per heavy atom. The molecule has 0 aromatic heterocycles. The number of rotatable bonds is 3. The summed E-state index contributed by atoms with van der Waals surface area (Å²) in [6.45, 7) is 2.60. The van der Waals surface area contributed by atoms with Crippen LogP contribution in [0.2, 0.25) is 5.02 Å². The maximum Gasteiger partial charge on any atom is 0.331 e. The summed E-state index contributed by atoms with van der Waals surface area (Å²) in [6, 6.07) is 4.05. The molecule has 3 amide bonds. The van der Waals surface area contributed by atoms with Gasteiger partial charge in [-0.3, -0.25) is 10.1 Å². The van der Waals surface area contributed by atoms with Crippen molar-refractivity contribution in [2.45, 2.75) is 13.8 Å². The molecule has 3 N–H and O–H groups in total. The van der Waals surface area contributed by atoms with E-state index in [1.807, 2.05) is 5.32 Å². The summed E-state index contributed by atoms with van der Waals surface area (Å²) in [7, 11) is 0. The monoisotopic (exact) mass is 374 g/mol. The molecule has 0 aliphatic rings. The third kappa shape index (κ3) is 4.57. The van der Waals surface area contributed by atoms with Crippen molar-refractivity contribution in [1.82, 2.24) is 5.32 Å². The Hall–Kier alpha value is -1.86. The van der Waals surface area contributed by atoms with E-state index in [0.717, 1.165) is 0 Å². The molecule has 0 saturated heterocycles. The van der Waals surface area contributed by atoms with E-state index in [-0.39, 0.29) is 11.1 Å². The van der Waals surface area contributed by atoms with Crippen LogP contribution < -0.4 is 10.6 Å². The average molecular weight is 376 g/mol. The molecular formula is C13H12BrClN2O4. The number of anilines is 1. The maximum atomic E-state index is 11.7. The van der Waals surface area contributed by atoms with Gasteiger partial charge in [0.1, 0.15) is 0 Å². The summed E-state index contributed by atoms with van der Waals surface area (Å²) in [5.41, 5.74) is 0.191. The van der Waals surface area contributed by atoms with E-state index in [9.17, 15) is 14.4 Å². The Morgan fingerprint density at radius 3 is 2.38 bits per heavy atom. The lowest BCUT2D eigenvalue weighted by atomic mass is 10.1. The second-order valence-corrected chi connectivity index (χ2v) is 5.26. The Morgan fingerprint density at radius 2 is 1.81 bits per heavy atom. The molecule has 8 heteroatoms. The van der Waals surface area contributed by atoms with Gasteiger partial charge in [-0.2, -0.15) is 0 Å². The first kappa shape index (κ1) is 17.2. The molecule has 0 spiro atoms. The van der Waals surface area contributed by atoms with E-state index in [4.69, 9.17) is 16.7 Å². The molecule has 6 nitrogen and oxygen atoms in total. The van der Waals surface area contributed by atoms with E-state index in [0.29, 0.717) is 15.2 Å². The number of hydrogen-bond donors (Lipinski definition) is 3. The first-order valence-corrected chi connectivity index (χ1v) is 6.88. The lowest BCUT2D eigenvalue weighted by molar-refractivity contribution is -0.133. The predicted octanol–water partition coefficient (Wildman–Crippen LogP) is 3.17. The highest BCUT2D eigenvalue weighted by Crippen LogP contribution is 2.29. The second-order valence-electron chi connectivity index (χ2n) is 4.06. The molecule has 0 bridgehead atoms. The number of carboxylic acids is 1. The molecular weight excluding hydrogens is 364 g/mol. The summed E-state index contributed by atoms with van der Waals surface area (Å²) in [5, 5.41) is 13.6. The van der Waals surface area contributed by atoms with Crippen LogP contribution in [0.25, 0.3) is 0 Å². The van der Waals surface area contributed by atoms with E-state index >= 15 is 0 Å². The first-order valence-electron chi connectivity index (χ1n) is 5.71. The van der Waals surface area contributed by atoms with Crippen molar-refractivity contribution < 1.29 is 19.5 Å². The molecule has 0 heterocycles. The van der Waals surface area contributed by atoms with Crippen molar-refractivity contribution in [3.8, 4) is 0 Å². The quantitative estimate of drug-likeness (QED) is 0.707. The van der Waals surface area contributed by atoms with Crippen LogP contribution in [0.1, 0.15) is 13.8 Å². The lowest BCUT2D eigenvalue weighted by Crippen LogP contribution is -2.35. The zero-order valence-electron chi connectivity index (χ0n) is 11.2. The van der Waals surface area contributed by atoms with E-state index in [1.165, 1.54) is 13.8 Å². The highest BCUT2D eigenvalue weighted by atomic mass is 79.9. The smallest absolute Gasteiger partial charge is 0.331 e. The number of imide groups is 1. The van der Waals surface area contributed by atoms with Gasteiger partial charge in [0.2, 0.25) is 0 Å². The van der Waals surface area contributed by atoms with Crippen LogP contribution in [0, 0.1) is 0 Å². The third-order valence-corrected chi connectivity index (χ3v) is 4.05. The van der Waals surface area contributed by atoms with Crippen LogP contribution in [0.15, 0.2) is 33.8 Å². The van der Waals surface area contributed by atoms with Gasteiger partial charge in [0.15, 0.2) is 0 Å². The van der Waals surface area contributed by atoms with Gasteiger partial charge in [-0.15, -0.1) is 0 Å². The summed E-state index contributed by atoms with van der Waals surface area (Å²) < 4.78 is 0.475. The van der Waals surface area contributed by atoms with Crippen molar-refractivity contribution >= 4 is 51.1 Å². The maximum absolute atomic E-state index is 11.7. The van der Waals surface area contributed by atoms with Gasteiger partial charge < -0.3 is 10.4 Å². The van der Waals surface area contributed by atoms with Crippen molar-refractivity contribution in [1.29, 1.82) is 0 Å². The van der Waals surface area contributed by atoms with Crippen LogP contribution in [0.5, 0.6) is 0 Å². The number of carboxylic acid groups (broad SMARTS) is 1. The molecule has 1 rings (SSSR count). The SMILES string of the molecule is C/C(C(=O)O)=C(/C)C(=O)NC(=O)Nc1cccc(Cl)c1Br. The highest BCUT2D eigenvalue weighted by Gasteiger charge is 2.16. The second kappa shape index (κ2) is 7.24. The molecule has 112 valence electrons. The topological polar surface area (TPSA) is 95.5 Å². The van der Waals surface area contributed by atoms with Crippen molar-refractivity contribution in [2.24, 2.45) is 0 Å². The summed E-state index contributed by atoms with van der Waals surface area (Å²) in [5.74, 6) is -2.01. The molecule has 0 radical (unpaired) electrons. The lowest BCUT2D eigenvalue weighted by Gasteiger charge is -2.10. The van der Waals surface area contributed by atoms with Crippen LogP contribution in [0.3, 0.4) is 0 Å². The molecule has 1 aromatic carbocycles. The molecule has 21 heavy (non-hydrogen) atoms. The van der Waals surface area contributed by atoms with Gasteiger partial charge >= 0.3 is 12.0 Å². The minimum absolute atomic E-state index is 0.0530. The highest BCUT2D eigenvalue weighted by molar-refractivity contribution is 9.10. The zero-order valence-corrected chi connectivity index (χ0v) is 13.5. The van der Waals surface area contributed by atoms with Gasteiger partial charge in [0.25, 0.3) is 5.91 Å². The van der Waals surface area contributed by atoms with Gasteiger partial charge in [0.05, 0.1) is 15.2 Å². The number of amides is 3. The van der Waals surface area contributed by atoms with E-state index in [1.54, 1.807) is 18.2 Å². The Kier molecular flexibility index (Phi) is 5.92. The van der Waals surface area contributed by atoms with E-state index in [2.05, 4.69) is 21.2 Å². The summed E-state index contributed by atoms with van der Waals surface area (Å²) in [6.07, 6.45) is 0. The molecule has 1 aromatic rings. The number of nitrogens with one attached hydrogen (secondary N) is 2. The molecule has 0 unspecified atom stereocenters. The number of benzene rings is 1. The normalized spacial score (nSPS) is 11.4. The van der Waals surface area contributed by atoms with Gasteiger partial charge in [-0.05, 0) is 41.9 Å². The van der Waals surface area contributed by atoms with Gasteiger partial charge in [0, 0.05) is 11.1 Å². The average Bonchev–Trinajstić information content (AvgIpc) is 2.41. The first-order chi connectivity index (χ1) is 9.73. The fourth-order valence-electron chi connectivity index (χ4n) is 1.28. The fraction of sp³-hybridized carbons (Fsp3) is 0.154. The standard InChI is InChI=1S/C13H12BrClN2O4/c1-6(7(2)12(19)20)11(18)17-13(21)16-9-5-3-4-8(15)10(9)14/h3-5H,1-2H3,(H,19,20)(H2,16,17,18,21)/b7-6+. The van der Waals surface area contributed by atoms with Crippen molar-refractivity contribution in [3.05, 3.63) is 38.8 Å². The minimum atomic E-state index is -1.22. The number of hydrogen-bond acceptors (Lipinski definition) is 3. The zero-order chi connectivity index (χ0) is 16.2. The third-order valence-electron chi connectivity index (χ3n) is 2.65. The number of urea groups is 1. The largest absolute Gasteiger partial charge is 0.478 e. The van der Waals surface area contributed by atoms with Crippen molar-refractivity contribution in [2.75, 3.05) is 5.32 Å². The number of carbonyl (C=O) groups is 3. The molecule has 0 aliphatic carbocycles. The number of carbonyl (C=O) groups excluding carboxylic acids is 2. The Balaban J connectivity index is 2.79. The van der Waals surface area contributed by atoms with Crippen LogP contribution >= 0.6 is 27.5 Å². The van der Waals surface area contributed by atoms with E-state index < -0.39 is 17.9 Å². The fourth-order valence-corrected chi connectivity index (χ4v) is 1.82. The van der Waals surface area contributed by atoms with Crippen molar-refractivity contribution in [3.63, 3.8) is 0 Å². The number of aliphatic carboxylic acids is 1. The molecule has 0 fully saturated rings. The Bertz CT molecular complexity index is 643. The summed E-state index contributed by atoms with van der Waals surface area (Å²) in [4.78, 5) is 34.2. The minimum Gasteiger partial charge on any atom is -0.478 e. The Labute approximate surface area is 134 Å². The van der Waals surface area contributed by atoms with Gasteiger partial charge in [-0.1, -0.05) is 17.7 Å².